The quantitative estimate of drug-likeness (QED) is 0.529. The topological polar surface area (TPSA) is 142 Å². The Kier molecular flexibility index (Phi) is 5.55. The number of nitrogens with two attached hydrogens (primary N) is 1. The number of anilines is 1. The van der Waals surface area contributed by atoms with Crippen LogP contribution in [0.25, 0.3) is 0 Å². The summed E-state index contributed by atoms with van der Waals surface area (Å²) in [6, 6.07) is 8.83. The molecule has 2 heterocycles. The summed E-state index contributed by atoms with van der Waals surface area (Å²) in [5, 5.41) is 16.7. The van der Waals surface area contributed by atoms with E-state index in [-0.39, 0.29) is 22.8 Å². The smallest absolute Gasteiger partial charge is 0.293 e. The average Bonchev–Trinajstić information content (AvgIpc) is 2.74. The second-order valence-corrected chi connectivity index (χ2v) is 9.48. The highest BCUT2D eigenvalue weighted by atomic mass is 32.2. The predicted molar refractivity (Wildman–Crippen MR) is 116 cm³/mol. The standard InChI is InChI=1S/C21H23N3O7S/c1-2-30-14-3-6-20-16(11-14)19(25)13-21(31-20)7-9-23(10-8-21)17-5-4-15(32(22,28)29)12-18(17)24(26)27/h3-6,11-12H,2,7-10,13H2,1H3,(H2,22,28,29). The molecule has 1 fully saturated rings. The highest BCUT2D eigenvalue weighted by molar-refractivity contribution is 7.89. The SMILES string of the molecule is CCOc1ccc2c(c1)C(=O)CC1(CCN(c3ccc(S(N)(=O)=O)cc3[N+](=O)[O-])CC1)O2. The van der Waals surface area contributed by atoms with Crippen molar-refractivity contribution >= 4 is 27.2 Å². The minimum absolute atomic E-state index is 0.0234. The number of rotatable bonds is 5. The molecule has 2 N–H and O–H groups in total. The van der Waals surface area contributed by atoms with Crippen molar-refractivity contribution in [1.82, 2.24) is 0 Å². The van der Waals surface area contributed by atoms with E-state index in [1.807, 2.05) is 6.92 Å². The van der Waals surface area contributed by atoms with E-state index in [1.165, 1.54) is 12.1 Å². The molecule has 0 saturated carbocycles. The number of hydrogen-bond donors (Lipinski definition) is 1. The molecule has 0 amide bonds. The number of carbonyl (C=O) groups excluding carboxylic acids is 1. The zero-order valence-corrected chi connectivity index (χ0v) is 18.3. The first kappa shape index (κ1) is 22.0. The number of Topliss-reactive ketones (excluding diaryl/α,β-unsaturated/α-hetero) is 1. The molecule has 2 aromatic rings. The predicted octanol–water partition coefficient (Wildman–Crippen LogP) is 2.65. The highest BCUT2D eigenvalue weighted by Gasteiger charge is 2.43. The van der Waals surface area contributed by atoms with Crippen LogP contribution in [0.2, 0.25) is 0 Å². The number of nitro benzene ring substituents is 1. The number of hydrogen-bond acceptors (Lipinski definition) is 8. The van der Waals surface area contributed by atoms with Gasteiger partial charge in [-0.15, -0.1) is 0 Å². The summed E-state index contributed by atoms with van der Waals surface area (Å²) >= 11 is 0. The van der Waals surface area contributed by atoms with Gasteiger partial charge in [0.2, 0.25) is 10.0 Å². The third-order valence-corrected chi connectivity index (χ3v) is 6.77. The van der Waals surface area contributed by atoms with Crippen LogP contribution >= 0.6 is 0 Å². The van der Waals surface area contributed by atoms with Gasteiger partial charge in [0.05, 0.1) is 28.4 Å². The average molecular weight is 461 g/mol. The van der Waals surface area contributed by atoms with Crippen LogP contribution < -0.4 is 19.5 Å². The molecule has 2 aliphatic rings. The lowest BCUT2D eigenvalue weighted by Crippen LogP contribution is -2.51. The molecule has 1 saturated heterocycles. The van der Waals surface area contributed by atoms with Gasteiger partial charge in [0.1, 0.15) is 22.8 Å². The monoisotopic (exact) mass is 461 g/mol. The summed E-state index contributed by atoms with van der Waals surface area (Å²) in [4.78, 5) is 25.3. The van der Waals surface area contributed by atoms with Crippen LogP contribution in [0.5, 0.6) is 11.5 Å². The van der Waals surface area contributed by atoms with E-state index in [0.717, 1.165) is 6.07 Å². The lowest BCUT2D eigenvalue weighted by Gasteiger charge is -2.44. The maximum Gasteiger partial charge on any atom is 0.293 e. The molecule has 2 aromatic carbocycles. The van der Waals surface area contributed by atoms with Crippen molar-refractivity contribution in [2.75, 3.05) is 24.6 Å². The van der Waals surface area contributed by atoms with E-state index in [4.69, 9.17) is 14.6 Å². The minimum atomic E-state index is -4.06. The summed E-state index contributed by atoms with van der Waals surface area (Å²) in [7, 11) is -4.06. The molecule has 11 heteroatoms. The van der Waals surface area contributed by atoms with Gasteiger partial charge in [0.25, 0.3) is 5.69 Å². The fraction of sp³-hybridized carbons (Fsp3) is 0.381. The second kappa shape index (κ2) is 8.06. The molecule has 0 bridgehead atoms. The Labute approximate surface area is 185 Å². The van der Waals surface area contributed by atoms with Gasteiger partial charge in [-0.3, -0.25) is 14.9 Å². The first-order valence-corrected chi connectivity index (χ1v) is 11.7. The Balaban J connectivity index is 1.55. The van der Waals surface area contributed by atoms with Gasteiger partial charge in [0, 0.05) is 32.0 Å². The number of ketones is 1. The summed E-state index contributed by atoms with van der Waals surface area (Å²) in [6.07, 6.45) is 1.19. The van der Waals surface area contributed by atoms with Gasteiger partial charge >= 0.3 is 0 Å². The number of benzene rings is 2. The van der Waals surface area contributed by atoms with Crippen LogP contribution in [0.3, 0.4) is 0 Å². The number of ether oxygens (including phenoxy) is 2. The van der Waals surface area contributed by atoms with E-state index >= 15 is 0 Å². The molecule has 0 radical (unpaired) electrons. The maximum absolute atomic E-state index is 12.8. The van der Waals surface area contributed by atoms with Crippen LogP contribution in [0.15, 0.2) is 41.3 Å². The molecule has 10 nitrogen and oxygen atoms in total. The van der Waals surface area contributed by atoms with Crippen molar-refractivity contribution in [2.24, 2.45) is 5.14 Å². The molecular weight excluding hydrogens is 438 g/mol. The molecular formula is C21H23N3O7S. The van der Waals surface area contributed by atoms with Crippen molar-refractivity contribution < 1.29 is 27.6 Å². The van der Waals surface area contributed by atoms with Crippen LogP contribution in [-0.2, 0) is 10.0 Å². The molecule has 0 atom stereocenters. The van der Waals surface area contributed by atoms with Gasteiger partial charge in [0.15, 0.2) is 5.78 Å². The Morgan fingerprint density at radius 2 is 1.94 bits per heavy atom. The molecule has 170 valence electrons. The van der Waals surface area contributed by atoms with Gasteiger partial charge in [-0.05, 0) is 37.3 Å². The lowest BCUT2D eigenvalue weighted by molar-refractivity contribution is -0.384. The van der Waals surface area contributed by atoms with Crippen LogP contribution in [0.4, 0.5) is 11.4 Å². The Morgan fingerprint density at radius 3 is 2.56 bits per heavy atom. The van der Waals surface area contributed by atoms with Crippen LogP contribution in [-0.4, -0.2) is 44.4 Å². The summed E-state index contributed by atoms with van der Waals surface area (Å²) in [6.45, 7) is 3.19. The number of nitrogens with zero attached hydrogens (tertiary/aromatic N) is 2. The largest absolute Gasteiger partial charge is 0.494 e. The number of primary sulfonamides is 1. The maximum atomic E-state index is 12.8. The number of piperidine rings is 1. The van der Waals surface area contributed by atoms with Gasteiger partial charge in [-0.25, -0.2) is 13.6 Å². The summed E-state index contributed by atoms with van der Waals surface area (Å²) in [5.41, 5.74) is -0.204. The van der Waals surface area contributed by atoms with Gasteiger partial charge in [-0.1, -0.05) is 0 Å². The summed E-state index contributed by atoms with van der Waals surface area (Å²) < 4.78 is 34.9. The first-order valence-electron chi connectivity index (χ1n) is 10.2. The van der Waals surface area contributed by atoms with E-state index in [0.29, 0.717) is 55.3 Å². The Hall–Kier alpha value is -3.18. The second-order valence-electron chi connectivity index (χ2n) is 7.92. The molecule has 1 spiro atoms. The van der Waals surface area contributed by atoms with Crippen molar-refractivity contribution in [1.29, 1.82) is 0 Å². The number of carbonyl (C=O) groups is 1. The first-order chi connectivity index (χ1) is 15.1. The minimum Gasteiger partial charge on any atom is -0.494 e. The number of fused-ring (bicyclic) bond motifs is 1. The van der Waals surface area contributed by atoms with Crippen molar-refractivity contribution in [2.45, 2.75) is 36.7 Å². The molecule has 32 heavy (non-hydrogen) atoms. The van der Waals surface area contributed by atoms with Crippen molar-refractivity contribution in [3.8, 4) is 11.5 Å². The fourth-order valence-corrected chi connectivity index (χ4v) is 4.79. The Morgan fingerprint density at radius 1 is 1.22 bits per heavy atom. The van der Waals surface area contributed by atoms with Crippen molar-refractivity contribution in [3.63, 3.8) is 0 Å². The van der Waals surface area contributed by atoms with E-state index in [1.54, 1.807) is 23.1 Å². The van der Waals surface area contributed by atoms with E-state index < -0.39 is 20.5 Å². The summed E-state index contributed by atoms with van der Waals surface area (Å²) in [5.74, 6) is 1.11. The third-order valence-electron chi connectivity index (χ3n) is 5.86. The number of sulfonamides is 1. The lowest BCUT2D eigenvalue weighted by atomic mass is 9.82. The zero-order chi connectivity index (χ0) is 23.1. The third kappa shape index (κ3) is 4.13. The number of nitro groups is 1. The fourth-order valence-electron chi connectivity index (χ4n) is 4.26. The molecule has 2 aliphatic heterocycles. The van der Waals surface area contributed by atoms with Crippen molar-refractivity contribution in [3.05, 3.63) is 52.1 Å². The molecule has 0 unspecified atom stereocenters. The van der Waals surface area contributed by atoms with Gasteiger partial charge < -0.3 is 14.4 Å². The molecule has 0 aromatic heterocycles. The molecule has 0 aliphatic carbocycles. The normalized spacial score (nSPS) is 17.6. The zero-order valence-electron chi connectivity index (χ0n) is 17.4. The Bertz CT molecular complexity index is 1190. The highest BCUT2D eigenvalue weighted by Crippen LogP contribution is 2.42. The van der Waals surface area contributed by atoms with Crippen LogP contribution in [0.1, 0.15) is 36.5 Å². The van der Waals surface area contributed by atoms with E-state index in [9.17, 15) is 23.3 Å². The van der Waals surface area contributed by atoms with Crippen LogP contribution in [0, 0.1) is 10.1 Å². The van der Waals surface area contributed by atoms with E-state index in [2.05, 4.69) is 0 Å². The van der Waals surface area contributed by atoms with Gasteiger partial charge in [-0.2, -0.15) is 0 Å². The molecule has 4 rings (SSSR count).